The van der Waals surface area contributed by atoms with Gasteiger partial charge in [0.1, 0.15) is 34.5 Å². The zero-order valence-electron chi connectivity index (χ0n) is 11.6. The van der Waals surface area contributed by atoms with Crippen LogP contribution in [0, 0.1) is 24.1 Å². The highest BCUT2D eigenvalue weighted by atomic mass is 19.1. The molecule has 108 valence electrons. The van der Waals surface area contributed by atoms with Crippen LogP contribution in [0.2, 0.25) is 0 Å². The van der Waals surface area contributed by atoms with Crippen LogP contribution in [0.5, 0.6) is 0 Å². The first kappa shape index (κ1) is 14.6. The van der Waals surface area contributed by atoms with Gasteiger partial charge in [0, 0.05) is 0 Å². The molecule has 1 aromatic heterocycles. The van der Waals surface area contributed by atoms with Crippen LogP contribution in [0.15, 0.2) is 28.7 Å². The Labute approximate surface area is 120 Å². The van der Waals surface area contributed by atoms with Gasteiger partial charge in [-0.3, -0.25) is 0 Å². The SMILES string of the molecule is COC(=O)c1cc(CNc2cccc(F)c2C#N)oc1C. The van der Waals surface area contributed by atoms with Gasteiger partial charge in [0.05, 0.1) is 19.3 Å². The summed E-state index contributed by atoms with van der Waals surface area (Å²) in [5.74, 6) is -0.140. The predicted molar refractivity (Wildman–Crippen MR) is 73.2 cm³/mol. The van der Waals surface area contributed by atoms with E-state index >= 15 is 0 Å². The van der Waals surface area contributed by atoms with Gasteiger partial charge in [-0.2, -0.15) is 5.26 Å². The number of esters is 1. The number of hydrogen-bond acceptors (Lipinski definition) is 5. The molecule has 5 nitrogen and oxygen atoms in total. The molecule has 0 bridgehead atoms. The maximum absolute atomic E-state index is 13.4. The molecule has 1 aromatic carbocycles. The molecular weight excluding hydrogens is 275 g/mol. The number of ether oxygens (including phenoxy) is 1. The molecule has 0 aliphatic heterocycles. The lowest BCUT2D eigenvalue weighted by molar-refractivity contribution is 0.0599. The van der Waals surface area contributed by atoms with Gasteiger partial charge in [-0.15, -0.1) is 0 Å². The van der Waals surface area contributed by atoms with Crippen LogP contribution in [-0.2, 0) is 11.3 Å². The van der Waals surface area contributed by atoms with E-state index in [1.807, 2.05) is 0 Å². The van der Waals surface area contributed by atoms with Crippen LogP contribution in [0.4, 0.5) is 10.1 Å². The van der Waals surface area contributed by atoms with Gasteiger partial charge in [-0.1, -0.05) is 6.07 Å². The number of aryl methyl sites for hydroxylation is 1. The lowest BCUT2D eigenvalue weighted by Crippen LogP contribution is -2.02. The maximum Gasteiger partial charge on any atom is 0.341 e. The molecule has 1 N–H and O–H groups in total. The van der Waals surface area contributed by atoms with Gasteiger partial charge in [-0.25, -0.2) is 9.18 Å². The van der Waals surface area contributed by atoms with Gasteiger partial charge in [-0.05, 0) is 25.1 Å². The van der Waals surface area contributed by atoms with Crippen LogP contribution < -0.4 is 5.32 Å². The summed E-state index contributed by atoms with van der Waals surface area (Å²) < 4.78 is 23.5. The summed E-state index contributed by atoms with van der Waals surface area (Å²) in [4.78, 5) is 11.5. The molecule has 0 aliphatic carbocycles. The number of nitrogens with zero attached hydrogens (tertiary/aromatic N) is 1. The van der Waals surface area contributed by atoms with Crippen molar-refractivity contribution in [1.29, 1.82) is 5.26 Å². The van der Waals surface area contributed by atoms with Gasteiger partial charge in [0.2, 0.25) is 0 Å². The van der Waals surface area contributed by atoms with Crippen LogP contribution in [0.25, 0.3) is 0 Å². The lowest BCUT2D eigenvalue weighted by Gasteiger charge is -2.06. The van der Waals surface area contributed by atoms with Crippen molar-refractivity contribution in [2.24, 2.45) is 0 Å². The first-order chi connectivity index (χ1) is 10.1. The van der Waals surface area contributed by atoms with E-state index in [0.717, 1.165) is 0 Å². The Balaban J connectivity index is 2.16. The minimum Gasteiger partial charge on any atom is -0.465 e. The first-order valence-electron chi connectivity index (χ1n) is 6.17. The number of anilines is 1. The van der Waals surface area contributed by atoms with E-state index in [4.69, 9.17) is 9.68 Å². The third kappa shape index (κ3) is 3.03. The largest absolute Gasteiger partial charge is 0.465 e. The molecule has 21 heavy (non-hydrogen) atoms. The lowest BCUT2D eigenvalue weighted by atomic mass is 10.2. The monoisotopic (exact) mass is 288 g/mol. The number of rotatable bonds is 4. The van der Waals surface area contributed by atoms with Gasteiger partial charge < -0.3 is 14.5 Å². The molecule has 0 amide bonds. The molecule has 0 unspecified atom stereocenters. The van der Waals surface area contributed by atoms with Crippen molar-refractivity contribution in [3.63, 3.8) is 0 Å². The highest BCUT2D eigenvalue weighted by Gasteiger charge is 2.15. The summed E-state index contributed by atoms with van der Waals surface area (Å²) in [5.41, 5.74) is 0.647. The number of nitrogens with one attached hydrogen (secondary N) is 1. The van der Waals surface area contributed by atoms with E-state index in [9.17, 15) is 9.18 Å². The Bertz CT molecular complexity index is 716. The van der Waals surface area contributed by atoms with Crippen molar-refractivity contribution < 1.29 is 18.3 Å². The van der Waals surface area contributed by atoms with Crippen LogP contribution in [-0.4, -0.2) is 13.1 Å². The molecule has 0 aliphatic rings. The van der Waals surface area contributed by atoms with E-state index < -0.39 is 11.8 Å². The van der Waals surface area contributed by atoms with Crippen LogP contribution >= 0.6 is 0 Å². The zero-order valence-corrected chi connectivity index (χ0v) is 11.6. The summed E-state index contributed by atoms with van der Waals surface area (Å²) in [6.07, 6.45) is 0. The van der Waals surface area contributed by atoms with E-state index in [1.54, 1.807) is 25.1 Å². The Morgan fingerprint density at radius 3 is 2.95 bits per heavy atom. The summed E-state index contributed by atoms with van der Waals surface area (Å²) in [7, 11) is 1.29. The van der Waals surface area contributed by atoms with E-state index in [2.05, 4.69) is 10.1 Å². The van der Waals surface area contributed by atoms with E-state index in [1.165, 1.54) is 19.2 Å². The number of hydrogen-bond donors (Lipinski definition) is 1. The number of methoxy groups -OCH3 is 1. The van der Waals surface area contributed by atoms with Crippen LogP contribution in [0.1, 0.15) is 27.4 Å². The third-order valence-electron chi connectivity index (χ3n) is 2.95. The zero-order chi connectivity index (χ0) is 15.4. The number of carbonyl (C=O) groups is 1. The number of carbonyl (C=O) groups excluding carboxylic acids is 1. The van der Waals surface area contributed by atoms with Crippen molar-refractivity contribution >= 4 is 11.7 Å². The van der Waals surface area contributed by atoms with Crippen molar-refractivity contribution in [1.82, 2.24) is 0 Å². The predicted octanol–water partition coefficient (Wildman–Crippen LogP) is 3.00. The molecule has 0 fully saturated rings. The molecule has 1 heterocycles. The molecule has 0 radical (unpaired) electrons. The molecule has 0 saturated heterocycles. The molecule has 6 heteroatoms. The number of benzene rings is 1. The molecule has 2 aromatic rings. The summed E-state index contributed by atoms with van der Waals surface area (Å²) in [6.45, 7) is 1.87. The standard InChI is InChI=1S/C15H13FN2O3/c1-9-11(15(19)20-2)6-10(21-9)8-18-14-5-3-4-13(16)12(14)7-17/h3-6,18H,8H2,1-2H3. The minimum absolute atomic E-state index is 0.0611. The highest BCUT2D eigenvalue weighted by Crippen LogP contribution is 2.20. The second-order valence-electron chi connectivity index (χ2n) is 4.30. The summed E-state index contributed by atoms with van der Waals surface area (Å²) in [6, 6.07) is 7.68. The average Bonchev–Trinajstić information content (AvgIpc) is 2.85. The average molecular weight is 288 g/mol. The Kier molecular flexibility index (Phi) is 4.24. The molecular formula is C15H13FN2O3. The van der Waals surface area contributed by atoms with Crippen molar-refractivity contribution in [2.75, 3.05) is 12.4 Å². The van der Waals surface area contributed by atoms with Gasteiger partial charge in [0.15, 0.2) is 0 Å². The van der Waals surface area contributed by atoms with Crippen LogP contribution in [0.3, 0.4) is 0 Å². The quantitative estimate of drug-likeness (QED) is 0.875. The minimum atomic E-state index is -0.589. The van der Waals surface area contributed by atoms with Crippen molar-refractivity contribution in [2.45, 2.75) is 13.5 Å². The van der Waals surface area contributed by atoms with E-state index in [-0.39, 0.29) is 12.1 Å². The molecule has 0 spiro atoms. The second kappa shape index (κ2) is 6.09. The second-order valence-corrected chi connectivity index (χ2v) is 4.30. The first-order valence-corrected chi connectivity index (χ1v) is 6.17. The smallest absolute Gasteiger partial charge is 0.341 e. The van der Waals surface area contributed by atoms with Crippen molar-refractivity contribution in [3.05, 3.63) is 52.7 Å². The van der Waals surface area contributed by atoms with Gasteiger partial charge in [0.25, 0.3) is 0 Å². The third-order valence-corrected chi connectivity index (χ3v) is 2.95. The number of nitriles is 1. The van der Waals surface area contributed by atoms with Crippen molar-refractivity contribution in [3.8, 4) is 6.07 Å². The summed E-state index contributed by atoms with van der Waals surface area (Å²) >= 11 is 0. The van der Waals surface area contributed by atoms with Gasteiger partial charge >= 0.3 is 5.97 Å². The molecule has 0 atom stereocenters. The Hall–Kier alpha value is -2.81. The fourth-order valence-electron chi connectivity index (χ4n) is 1.91. The fraction of sp³-hybridized carbons (Fsp3) is 0.200. The topological polar surface area (TPSA) is 75.3 Å². The number of halogens is 1. The number of furan rings is 1. The Morgan fingerprint density at radius 1 is 1.52 bits per heavy atom. The molecule has 2 rings (SSSR count). The summed E-state index contributed by atoms with van der Waals surface area (Å²) in [5, 5.41) is 11.8. The van der Waals surface area contributed by atoms with E-state index in [0.29, 0.717) is 22.8 Å². The Morgan fingerprint density at radius 2 is 2.29 bits per heavy atom. The highest BCUT2D eigenvalue weighted by molar-refractivity contribution is 5.90. The fourth-order valence-corrected chi connectivity index (χ4v) is 1.91. The normalized spacial score (nSPS) is 10.0. The maximum atomic E-state index is 13.4. The molecule has 0 saturated carbocycles.